The third-order valence-corrected chi connectivity index (χ3v) is 5.10. The van der Waals surface area contributed by atoms with Crippen LogP contribution < -0.4 is 15.2 Å². The second kappa shape index (κ2) is 7.89. The quantitative estimate of drug-likeness (QED) is 0.811. The zero-order valence-corrected chi connectivity index (χ0v) is 14.8. The van der Waals surface area contributed by atoms with E-state index < -0.39 is 5.54 Å². The molecule has 0 spiro atoms. The number of ether oxygens (including phenoxy) is 2. The minimum atomic E-state index is -0.406. The minimum Gasteiger partial charge on any atom is -0.497 e. The van der Waals surface area contributed by atoms with Gasteiger partial charge in [-0.1, -0.05) is 24.3 Å². The molecule has 0 aliphatic heterocycles. The van der Waals surface area contributed by atoms with Gasteiger partial charge in [-0.3, -0.25) is 0 Å². The van der Waals surface area contributed by atoms with Crippen LogP contribution in [-0.4, -0.2) is 31.0 Å². The highest BCUT2D eigenvalue weighted by atomic mass is 16.5. The summed E-state index contributed by atoms with van der Waals surface area (Å²) in [5.41, 5.74) is 8.25. The van der Waals surface area contributed by atoms with Gasteiger partial charge in [-0.25, -0.2) is 0 Å². The predicted molar refractivity (Wildman–Crippen MR) is 99.2 cm³/mol. The molecule has 1 saturated carbocycles. The molecule has 1 aliphatic rings. The van der Waals surface area contributed by atoms with Crippen LogP contribution in [0.5, 0.6) is 11.5 Å². The second-order valence-electron chi connectivity index (χ2n) is 6.98. The first-order valence-electron chi connectivity index (χ1n) is 8.87. The Morgan fingerprint density at radius 3 is 2.64 bits per heavy atom. The Kier molecular flexibility index (Phi) is 5.61. The maximum absolute atomic E-state index is 9.41. The van der Waals surface area contributed by atoms with Crippen LogP contribution in [0.1, 0.15) is 36.3 Å². The zero-order chi connectivity index (χ0) is 17.7. The Morgan fingerprint density at radius 1 is 1.16 bits per heavy atom. The second-order valence-corrected chi connectivity index (χ2v) is 6.98. The number of methoxy groups -OCH3 is 1. The van der Waals surface area contributed by atoms with Gasteiger partial charge in [0.15, 0.2) is 0 Å². The number of aliphatic hydroxyl groups excluding tert-OH is 1. The molecule has 0 radical (unpaired) electrons. The summed E-state index contributed by atoms with van der Waals surface area (Å²) in [4.78, 5) is 0. The summed E-state index contributed by atoms with van der Waals surface area (Å²) in [6.07, 6.45) is 3.60. The van der Waals surface area contributed by atoms with E-state index in [1.54, 1.807) is 7.11 Å². The number of rotatable bonds is 7. The molecule has 0 heterocycles. The average Bonchev–Trinajstić information content (AvgIpc) is 3.05. The molecule has 4 heteroatoms. The lowest BCUT2D eigenvalue weighted by atomic mass is 9.94. The van der Waals surface area contributed by atoms with Gasteiger partial charge < -0.3 is 20.3 Å². The summed E-state index contributed by atoms with van der Waals surface area (Å²) in [6, 6.07) is 16.3. The molecule has 134 valence electrons. The topological polar surface area (TPSA) is 64.7 Å². The summed E-state index contributed by atoms with van der Waals surface area (Å²) in [5.74, 6) is 2.19. The van der Waals surface area contributed by atoms with E-state index in [1.807, 2.05) is 30.3 Å². The van der Waals surface area contributed by atoms with Crippen molar-refractivity contribution in [3.05, 3.63) is 59.7 Å². The summed E-state index contributed by atoms with van der Waals surface area (Å²) >= 11 is 0. The molecule has 0 aromatic heterocycles. The smallest absolute Gasteiger partial charge is 0.119 e. The largest absolute Gasteiger partial charge is 0.497 e. The Labute approximate surface area is 149 Å². The number of hydrogen-bond acceptors (Lipinski definition) is 4. The first-order valence-corrected chi connectivity index (χ1v) is 8.87. The van der Waals surface area contributed by atoms with Crippen LogP contribution in [0.3, 0.4) is 0 Å². The van der Waals surface area contributed by atoms with E-state index in [0.717, 1.165) is 37.2 Å². The van der Waals surface area contributed by atoms with Gasteiger partial charge in [0.1, 0.15) is 11.5 Å². The Morgan fingerprint density at radius 2 is 1.96 bits per heavy atom. The van der Waals surface area contributed by atoms with Crippen LogP contribution in [0.25, 0.3) is 0 Å². The van der Waals surface area contributed by atoms with E-state index >= 15 is 0 Å². The van der Waals surface area contributed by atoms with Gasteiger partial charge in [0, 0.05) is 12.0 Å². The van der Waals surface area contributed by atoms with E-state index in [9.17, 15) is 5.11 Å². The molecular formula is C21H27NO3. The molecule has 1 fully saturated rings. The van der Waals surface area contributed by atoms with E-state index in [0.29, 0.717) is 12.5 Å². The van der Waals surface area contributed by atoms with Crippen molar-refractivity contribution >= 4 is 0 Å². The van der Waals surface area contributed by atoms with Gasteiger partial charge in [0.05, 0.1) is 20.3 Å². The lowest BCUT2D eigenvalue weighted by Crippen LogP contribution is -2.40. The van der Waals surface area contributed by atoms with Crippen molar-refractivity contribution in [2.45, 2.75) is 37.1 Å². The number of nitrogens with two attached hydrogens (primary N) is 1. The van der Waals surface area contributed by atoms with Crippen LogP contribution >= 0.6 is 0 Å². The van der Waals surface area contributed by atoms with Gasteiger partial charge in [-0.05, 0) is 60.6 Å². The van der Waals surface area contributed by atoms with E-state index in [2.05, 4.69) is 18.2 Å². The van der Waals surface area contributed by atoms with Crippen molar-refractivity contribution in [2.75, 3.05) is 20.3 Å². The first kappa shape index (κ1) is 17.8. The molecule has 2 atom stereocenters. The van der Waals surface area contributed by atoms with Gasteiger partial charge in [0.2, 0.25) is 0 Å². The summed E-state index contributed by atoms with van der Waals surface area (Å²) < 4.78 is 11.1. The molecule has 1 aliphatic carbocycles. The number of benzene rings is 2. The summed E-state index contributed by atoms with van der Waals surface area (Å²) in [5, 5.41) is 9.41. The molecular weight excluding hydrogens is 314 g/mol. The minimum absolute atomic E-state index is 0.0645. The fourth-order valence-corrected chi connectivity index (χ4v) is 3.54. The van der Waals surface area contributed by atoms with Gasteiger partial charge in [0.25, 0.3) is 0 Å². The van der Waals surface area contributed by atoms with Crippen molar-refractivity contribution in [3.8, 4) is 11.5 Å². The molecule has 0 saturated heterocycles. The third kappa shape index (κ3) is 4.53. The maximum Gasteiger partial charge on any atom is 0.119 e. The summed E-state index contributed by atoms with van der Waals surface area (Å²) in [7, 11) is 1.68. The predicted octanol–water partition coefficient (Wildman–Crippen LogP) is 3.27. The normalized spacial score (nSPS) is 22.8. The van der Waals surface area contributed by atoms with Crippen molar-refractivity contribution in [3.63, 3.8) is 0 Å². The highest BCUT2D eigenvalue weighted by molar-refractivity contribution is 5.31. The summed E-state index contributed by atoms with van der Waals surface area (Å²) in [6.45, 7) is 0.696. The molecule has 0 unspecified atom stereocenters. The van der Waals surface area contributed by atoms with Crippen LogP contribution in [0.2, 0.25) is 0 Å². The van der Waals surface area contributed by atoms with E-state index in [-0.39, 0.29) is 6.61 Å². The Bertz CT molecular complexity index is 686. The van der Waals surface area contributed by atoms with Crippen LogP contribution in [-0.2, 0) is 6.42 Å². The molecule has 2 aromatic rings. The first-order chi connectivity index (χ1) is 12.1. The van der Waals surface area contributed by atoms with Crippen LogP contribution in [0.15, 0.2) is 48.5 Å². The van der Waals surface area contributed by atoms with Crippen LogP contribution in [0.4, 0.5) is 0 Å². The van der Waals surface area contributed by atoms with Gasteiger partial charge >= 0.3 is 0 Å². The zero-order valence-electron chi connectivity index (χ0n) is 14.8. The molecule has 4 nitrogen and oxygen atoms in total. The van der Waals surface area contributed by atoms with Crippen molar-refractivity contribution in [1.82, 2.24) is 0 Å². The monoisotopic (exact) mass is 341 g/mol. The van der Waals surface area contributed by atoms with Crippen molar-refractivity contribution in [1.29, 1.82) is 0 Å². The SMILES string of the molecule is COc1cccc(CCOc2ccc([C@@H]3CC[C@](N)(CO)C3)cc2)c1. The fourth-order valence-electron chi connectivity index (χ4n) is 3.54. The standard InChI is InChI=1S/C21H27NO3/c1-24-20-4-2-3-16(13-20)10-12-25-19-7-5-17(6-8-19)18-9-11-21(22,14-18)15-23/h2-8,13,18,23H,9-12,14-15,22H2,1H3/t18-,21-/m1/s1. The molecule has 2 aromatic carbocycles. The average molecular weight is 341 g/mol. The van der Waals surface area contributed by atoms with Crippen molar-refractivity contribution < 1.29 is 14.6 Å². The fraction of sp³-hybridized carbons (Fsp3) is 0.429. The van der Waals surface area contributed by atoms with Gasteiger partial charge in [-0.15, -0.1) is 0 Å². The highest BCUT2D eigenvalue weighted by Crippen LogP contribution is 2.39. The van der Waals surface area contributed by atoms with Crippen LogP contribution in [0, 0.1) is 0 Å². The number of aliphatic hydroxyl groups is 1. The lowest BCUT2D eigenvalue weighted by Gasteiger charge is -2.21. The lowest BCUT2D eigenvalue weighted by molar-refractivity contribution is 0.198. The Balaban J connectivity index is 1.51. The highest BCUT2D eigenvalue weighted by Gasteiger charge is 2.35. The molecule has 0 bridgehead atoms. The third-order valence-electron chi connectivity index (χ3n) is 5.10. The molecule has 3 N–H and O–H groups in total. The number of hydrogen-bond donors (Lipinski definition) is 2. The maximum atomic E-state index is 9.41. The van der Waals surface area contributed by atoms with E-state index in [1.165, 1.54) is 11.1 Å². The molecule has 0 amide bonds. The Hall–Kier alpha value is -2.04. The van der Waals surface area contributed by atoms with Crippen molar-refractivity contribution in [2.24, 2.45) is 5.73 Å². The van der Waals surface area contributed by atoms with E-state index in [4.69, 9.17) is 15.2 Å². The molecule has 3 rings (SSSR count). The van der Waals surface area contributed by atoms with Gasteiger partial charge in [-0.2, -0.15) is 0 Å². The molecule has 25 heavy (non-hydrogen) atoms.